The number of primary amides is 1. The Hall–Kier alpha value is -2.62. The molecule has 27 heavy (non-hydrogen) atoms. The second-order valence-electron chi connectivity index (χ2n) is 6.79. The Morgan fingerprint density at radius 3 is 2.59 bits per heavy atom. The van der Waals surface area contributed by atoms with E-state index < -0.39 is 5.91 Å². The predicted octanol–water partition coefficient (Wildman–Crippen LogP) is 5.33. The van der Waals surface area contributed by atoms with Gasteiger partial charge in [0.2, 0.25) is 11.8 Å². The van der Waals surface area contributed by atoms with E-state index in [4.69, 9.17) is 10.5 Å². The van der Waals surface area contributed by atoms with E-state index in [-0.39, 0.29) is 0 Å². The standard InChI is InChI=1S/C23H30N2O2/c1-19(18-22(24)26)12-8-6-4-2-3-5-7-11-17-27-23-16-15-20-13-9-10-14-21(20)25-23/h8-10,12-16,18H,2-7,11,17H2,1H3,(H2,24,26)/b12-8+,19-18+. The second kappa shape index (κ2) is 11.9. The molecule has 0 saturated heterocycles. The maximum Gasteiger partial charge on any atom is 0.241 e. The fraction of sp³-hybridized carbons (Fsp3) is 0.391. The molecule has 0 radical (unpaired) electrons. The molecule has 0 aliphatic carbocycles. The summed E-state index contributed by atoms with van der Waals surface area (Å²) >= 11 is 0. The third kappa shape index (κ3) is 8.54. The molecule has 0 saturated carbocycles. The van der Waals surface area contributed by atoms with Crippen LogP contribution >= 0.6 is 0 Å². The summed E-state index contributed by atoms with van der Waals surface area (Å²) in [5.74, 6) is 0.318. The van der Waals surface area contributed by atoms with Crippen LogP contribution in [0.2, 0.25) is 0 Å². The van der Waals surface area contributed by atoms with E-state index in [0.717, 1.165) is 35.9 Å². The van der Waals surface area contributed by atoms with Gasteiger partial charge in [-0.15, -0.1) is 0 Å². The largest absolute Gasteiger partial charge is 0.478 e. The first-order valence-electron chi connectivity index (χ1n) is 9.78. The minimum atomic E-state index is -0.391. The third-order valence-corrected chi connectivity index (χ3v) is 4.34. The molecule has 144 valence electrons. The quantitative estimate of drug-likeness (QED) is 0.313. The van der Waals surface area contributed by atoms with Crippen LogP contribution < -0.4 is 10.5 Å². The van der Waals surface area contributed by atoms with E-state index in [9.17, 15) is 4.79 Å². The number of aromatic nitrogens is 1. The molecule has 0 aliphatic heterocycles. The van der Waals surface area contributed by atoms with Crippen LogP contribution in [0.3, 0.4) is 0 Å². The number of nitrogens with two attached hydrogens (primary N) is 1. The summed E-state index contributed by atoms with van der Waals surface area (Å²) in [7, 11) is 0. The summed E-state index contributed by atoms with van der Waals surface area (Å²) in [5.41, 5.74) is 6.99. The fourth-order valence-electron chi connectivity index (χ4n) is 2.92. The summed E-state index contributed by atoms with van der Waals surface area (Å²) in [6.45, 7) is 2.61. The number of benzene rings is 1. The lowest BCUT2D eigenvalue weighted by Gasteiger charge is -2.06. The summed E-state index contributed by atoms with van der Waals surface area (Å²) in [4.78, 5) is 15.2. The summed E-state index contributed by atoms with van der Waals surface area (Å²) in [5, 5.41) is 1.14. The zero-order valence-corrected chi connectivity index (χ0v) is 16.2. The van der Waals surface area contributed by atoms with Gasteiger partial charge in [0.05, 0.1) is 12.1 Å². The van der Waals surface area contributed by atoms with Gasteiger partial charge in [0, 0.05) is 17.5 Å². The molecule has 0 atom stereocenters. The maximum absolute atomic E-state index is 10.7. The molecule has 1 amide bonds. The number of amides is 1. The molecule has 2 aromatic rings. The van der Waals surface area contributed by atoms with E-state index in [2.05, 4.69) is 23.2 Å². The first kappa shape index (κ1) is 20.7. The Morgan fingerprint density at radius 1 is 1.04 bits per heavy atom. The second-order valence-corrected chi connectivity index (χ2v) is 6.79. The summed E-state index contributed by atoms with van der Waals surface area (Å²) < 4.78 is 5.77. The monoisotopic (exact) mass is 366 g/mol. The molecule has 0 spiro atoms. The Morgan fingerprint density at radius 2 is 1.78 bits per heavy atom. The summed E-state index contributed by atoms with van der Waals surface area (Å²) in [6, 6.07) is 12.1. The van der Waals surface area contributed by atoms with Crippen molar-refractivity contribution in [3.05, 3.63) is 60.2 Å². The highest BCUT2D eigenvalue weighted by molar-refractivity contribution is 5.86. The van der Waals surface area contributed by atoms with Gasteiger partial charge in [-0.05, 0) is 43.9 Å². The van der Waals surface area contributed by atoms with Gasteiger partial charge in [0.1, 0.15) is 0 Å². The van der Waals surface area contributed by atoms with Gasteiger partial charge in [0.25, 0.3) is 0 Å². The van der Waals surface area contributed by atoms with Crippen LogP contribution in [0.5, 0.6) is 5.88 Å². The highest BCUT2D eigenvalue weighted by Gasteiger charge is 1.99. The van der Waals surface area contributed by atoms with Crippen molar-refractivity contribution in [2.24, 2.45) is 5.73 Å². The van der Waals surface area contributed by atoms with E-state index in [0.29, 0.717) is 5.88 Å². The first-order valence-corrected chi connectivity index (χ1v) is 9.78. The zero-order valence-electron chi connectivity index (χ0n) is 16.2. The number of pyridine rings is 1. The average Bonchev–Trinajstić information content (AvgIpc) is 2.65. The molecule has 4 nitrogen and oxygen atoms in total. The molecule has 0 bridgehead atoms. The predicted molar refractivity (Wildman–Crippen MR) is 112 cm³/mol. The molecular formula is C23H30N2O2. The third-order valence-electron chi connectivity index (χ3n) is 4.34. The number of ether oxygens (including phenoxy) is 1. The normalized spacial score (nSPS) is 12.0. The maximum atomic E-state index is 10.7. The Labute approximate surface area is 162 Å². The topological polar surface area (TPSA) is 65.2 Å². The van der Waals surface area contributed by atoms with Crippen molar-refractivity contribution >= 4 is 16.8 Å². The number of hydrogen-bond acceptors (Lipinski definition) is 3. The lowest BCUT2D eigenvalue weighted by Crippen LogP contribution is -2.06. The highest BCUT2D eigenvalue weighted by Crippen LogP contribution is 2.16. The van der Waals surface area contributed by atoms with E-state index in [1.807, 2.05) is 37.3 Å². The van der Waals surface area contributed by atoms with Crippen LogP contribution in [0.25, 0.3) is 10.9 Å². The van der Waals surface area contributed by atoms with Crippen molar-refractivity contribution in [2.45, 2.75) is 51.9 Å². The molecule has 1 aromatic heterocycles. The Balaban J connectivity index is 1.49. The van der Waals surface area contributed by atoms with E-state index in [1.54, 1.807) is 0 Å². The number of unbranched alkanes of at least 4 members (excludes halogenated alkanes) is 6. The van der Waals surface area contributed by atoms with Crippen LogP contribution in [0.1, 0.15) is 51.9 Å². The number of carbonyl (C=O) groups is 1. The number of carbonyl (C=O) groups excluding carboxylic acids is 1. The SMILES string of the molecule is CC(/C=C/CCCCCCCCOc1ccc2ccccc2n1)=C\C(N)=O. The lowest BCUT2D eigenvalue weighted by molar-refractivity contribution is -0.113. The lowest BCUT2D eigenvalue weighted by atomic mass is 10.1. The van der Waals surface area contributed by atoms with Crippen molar-refractivity contribution in [2.75, 3.05) is 6.61 Å². The van der Waals surface area contributed by atoms with E-state index in [1.165, 1.54) is 38.2 Å². The molecule has 1 heterocycles. The van der Waals surface area contributed by atoms with E-state index >= 15 is 0 Å². The van der Waals surface area contributed by atoms with Gasteiger partial charge in [-0.2, -0.15) is 0 Å². The molecule has 2 N–H and O–H groups in total. The number of para-hydroxylation sites is 1. The Kier molecular flexibility index (Phi) is 9.11. The van der Waals surface area contributed by atoms with Crippen LogP contribution in [0, 0.1) is 0 Å². The average molecular weight is 367 g/mol. The number of allylic oxidation sites excluding steroid dienone is 3. The molecule has 2 rings (SSSR count). The van der Waals surface area contributed by atoms with Gasteiger partial charge in [-0.3, -0.25) is 4.79 Å². The molecular weight excluding hydrogens is 336 g/mol. The van der Waals surface area contributed by atoms with Crippen LogP contribution in [0.4, 0.5) is 0 Å². The fourth-order valence-corrected chi connectivity index (χ4v) is 2.92. The minimum absolute atomic E-state index is 0.391. The zero-order chi connectivity index (χ0) is 19.3. The highest BCUT2D eigenvalue weighted by atomic mass is 16.5. The minimum Gasteiger partial charge on any atom is -0.478 e. The van der Waals surface area contributed by atoms with Gasteiger partial charge in [-0.1, -0.05) is 56.0 Å². The summed E-state index contributed by atoms with van der Waals surface area (Å²) in [6.07, 6.45) is 13.7. The number of nitrogens with zero attached hydrogens (tertiary/aromatic N) is 1. The first-order chi connectivity index (χ1) is 13.1. The van der Waals surface area contributed by atoms with Gasteiger partial charge >= 0.3 is 0 Å². The van der Waals surface area contributed by atoms with Crippen molar-refractivity contribution in [3.8, 4) is 5.88 Å². The van der Waals surface area contributed by atoms with Gasteiger partial charge < -0.3 is 10.5 Å². The van der Waals surface area contributed by atoms with Gasteiger partial charge in [0.15, 0.2) is 0 Å². The van der Waals surface area contributed by atoms with Crippen molar-refractivity contribution in [1.82, 2.24) is 4.98 Å². The molecule has 4 heteroatoms. The van der Waals surface area contributed by atoms with Crippen LogP contribution in [0.15, 0.2) is 60.2 Å². The van der Waals surface area contributed by atoms with Gasteiger partial charge in [-0.25, -0.2) is 4.98 Å². The Bertz CT molecular complexity index is 781. The van der Waals surface area contributed by atoms with Crippen molar-refractivity contribution < 1.29 is 9.53 Å². The number of rotatable bonds is 12. The number of fused-ring (bicyclic) bond motifs is 1. The molecule has 1 aromatic carbocycles. The van der Waals surface area contributed by atoms with Crippen molar-refractivity contribution in [3.63, 3.8) is 0 Å². The van der Waals surface area contributed by atoms with Crippen LogP contribution in [-0.4, -0.2) is 17.5 Å². The molecule has 0 aliphatic rings. The van der Waals surface area contributed by atoms with Crippen LogP contribution in [-0.2, 0) is 4.79 Å². The smallest absolute Gasteiger partial charge is 0.241 e. The molecule has 0 fully saturated rings. The number of hydrogen-bond donors (Lipinski definition) is 1. The van der Waals surface area contributed by atoms with Crippen molar-refractivity contribution in [1.29, 1.82) is 0 Å². The molecule has 0 unspecified atom stereocenters.